The van der Waals surface area contributed by atoms with Crippen molar-refractivity contribution in [3.63, 3.8) is 0 Å². The Morgan fingerprint density at radius 2 is 2.24 bits per heavy atom. The molecule has 0 saturated carbocycles. The largest absolute Gasteiger partial charge is 0.368 e. The van der Waals surface area contributed by atoms with Crippen LogP contribution in [0.1, 0.15) is 26.0 Å². The van der Waals surface area contributed by atoms with Crippen LogP contribution in [-0.4, -0.2) is 17.4 Å². The van der Waals surface area contributed by atoms with Gasteiger partial charge in [0.25, 0.3) is 0 Å². The second-order valence-corrected chi connectivity index (χ2v) is 5.05. The van der Waals surface area contributed by atoms with Crippen molar-refractivity contribution in [1.29, 1.82) is 0 Å². The Bertz CT molecular complexity index is 429. The van der Waals surface area contributed by atoms with Crippen LogP contribution in [-0.2, 0) is 4.79 Å². The summed E-state index contributed by atoms with van der Waals surface area (Å²) in [5.74, 6) is 1.41. The lowest BCUT2D eigenvalue weighted by Gasteiger charge is -2.14. The predicted molar refractivity (Wildman–Crippen MR) is 69.0 cm³/mol. The second-order valence-electron chi connectivity index (χ2n) is 5.05. The van der Waals surface area contributed by atoms with E-state index in [1.54, 1.807) is 0 Å². The first-order chi connectivity index (χ1) is 8.06. The zero-order valence-electron chi connectivity index (χ0n) is 10.6. The fraction of sp³-hybridized carbons (Fsp3) is 0.538. The number of hydrogen-bond donors (Lipinski definition) is 2. The standard InChI is InChI=1S/C13H19N3O/c1-8(2)6-10-7-14-12-11(16-13(10)17)5-4-9(3)15-12/h4-5,8,10H,6-7H2,1-3H3,(H,14,15)(H,16,17). The van der Waals surface area contributed by atoms with Crippen LogP contribution in [0.5, 0.6) is 0 Å². The third-order valence-corrected chi connectivity index (χ3v) is 2.93. The summed E-state index contributed by atoms with van der Waals surface area (Å²) in [6, 6.07) is 3.81. The normalized spacial score (nSPS) is 19.3. The minimum absolute atomic E-state index is 0.0181. The molecule has 1 aromatic heterocycles. The highest BCUT2D eigenvalue weighted by atomic mass is 16.1. The van der Waals surface area contributed by atoms with Gasteiger partial charge in [-0.2, -0.15) is 0 Å². The van der Waals surface area contributed by atoms with Gasteiger partial charge < -0.3 is 10.6 Å². The Balaban J connectivity index is 2.19. The Kier molecular flexibility index (Phi) is 3.31. The molecule has 2 N–H and O–H groups in total. The van der Waals surface area contributed by atoms with Crippen LogP contribution < -0.4 is 10.6 Å². The molecule has 92 valence electrons. The Morgan fingerprint density at radius 3 is 2.94 bits per heavy atom. The molecule has 1 aliphatic heterocycles. The van der Waals surface area contributed by atoms with Crippen molar-refractivity contribution < 1.29 is 4.79 Å². The number of hydrogen-bond acceptors (Lipinski definition) is 3. The van der Waals surface area contributed by atoms with Crippen molar-refractivity contribution >= 4 is 17.4 Å². The van der Waals surface area contributed by atoms with Gasteiger partial charge in [0, 0.05) is 12.2 Å². The SMILES string of the molecule is Cc1ccc2c(n1)NCC(CC(C)C)C(=O)N2. The second kappa shape index (κ2) is 4.73. The topological polar surface area (TPSA) is 54.0 Å². The number of anilines is 2. The van der Waals surface area contributed by atoms with Gasteiger partial charge in [-0.3, -0.25) is 4.79 Å². The molecule has 0 aliphatic carbocycles. The van der Waals surface area contributed by atoms with Crippen LogP contribution in [0.25, 0.3) is 0 Å². The molecule has 1 aliphatic rings. The maximum absolute atomic E-state index is 12.0. The molecule has 1 amide bonds. The molecule has 1 unspecified atom stereocenters. The molecule has 0 radical (unpaired) electrons. The van der Waals surface area contributed by atoms with Crippen LogP contribution in [0.2, 0.25) is 0 Å². The van der Waals surface area contributed by atoms with Crippen LogP contribution in [0.4, 0.5) is 11.5 Å². The zero-order chi connectivity index (χ0) is 12.4. The molecule has 1 aromatic rings. The molecule has 0 fully saturated rings. The Labute approximate surface area is 102 Å². The molecule has 4 nitrogen and oxygen atoms in total. The molecule has 0 bridgehead atoms. The Morgan fingerprint density at radius 1 is 1.47 bits per heavy atom. The van der Waals surface area contributed by atoms with Crippen molar-refractivity contribution in [2.24, 2.45) is 11.8 Å². The Hall–Kier alpha value is -1.58. The van der Waals surface area contributed by atoms with Crippen LogP contribution in [0.3, 0.4) is 0 Å². The average Bonchev–Trinajstić information content (AvgIpc) is 2.39. The first kappa shape index (κ1) is 11.9. The van der Waals surface area contributed by atoms with Crippen molar-refractivity contribution in [2.45, 2.75) is 27.2 Å². The van der Waals surface area contributed by atoms with E-state index in [1.807, 2.05) is 19.1 Å². The molecule has 1 atom stereocenters. The van der Waals surface area contributed by atoms with Gasteiger partial charge in [-0.1, -0.05) is 13.8 Å². The summed E-state index contributed by atoms with van der Waals surface area (Å²) in [4.78, 5) is 16.4. The third kappa shape index (κ3) is 2.75. The van der Waals surface area contributed by atoms with Crippen molar-refractivity contribution in [3.05, 3.63) is 17.8 Å². The smallest absolute Gasteiger partial charge is 0.229 e. The van der Waals surface area contributed by atoms with Gasteiger partial charge in [-0.25, -0.2) is 4.98 Å². The lowest BCUT2D eigenvalue weighted by atomic mass is 9.96. The number of nitrogens with one attached hydrogen (secondary N) is 2. The maximum atomic E-state index is 12.0. The fourth-order valence-electron chi connectivity index (χ4n) is 2.10. The van der Waals surface area contributed by atoms with Crippen molar-refractivity contribution in [1.82, 2.24) is 4.98 Å². The van der Waals surface area contributed by atoms with E-state index >= 15 is 0 Å². The minimum Gasteiger partial charge on any atom is -0.368 e. The molecule has 0 saturated heterocycles. The molecule has 0 aromatic carbocycles. The van der Waals surface area contributed by atoms with Crippen molar-refractivity contribution in [2.75, 3.05) is 17.2 Å². The highest BCUT2D eigenvalue weighted by Gasteiger charge is 2.24. The predicted octanol–water partition coefficient (Wildman–Crippen LogP) is 2.42. The van der Waals surface area contributed by atoms with E-state index in [9.17, 15) is 4.79 Å². The van der Waals surface area contributed by atoms with Crippen molar-refractivity contribution in [3.8, 4) is 0 Å². The van der Waals surface area contributed by atoms with E-state index in [0.717, 1.165) is 23.6 Å². The molecule has 2 heterocycles. The minimum atomic E-state index is 0.0181. The molecule has 0 spiro atoms. The number of carbonyl (C=O) groups is 1. The quantitative estimate of drug-likeness (QED) is 0.824. The van der Waals surface area contributed by atoms with E-state index in [2.05, 4.69) is 29.5 Å². The van der Waals surface area contributed by atoms with E-state index < -0.39 is 0 Å². The summed E-state index contributed by atoms with van der Waals surface area (Å²) in [5, 5.41) is 6.20. The van der Waals surface area contributed by atoms with Gasteiger partial charge in [0.2, 0.25) is 5.91 Å². The first-order valence-corrected chi connectivity index (χ1v) is 6.08. The van der Waals surface area contributed by atoms with Gasteiger partial charge in [0.15, 0.2) is 0 Å². The van der Waals surface area contributed by atoms with Gasteiger partial charge in [-0.15, -0.1) is 0 Å². The molecule has 2 rings (SSSR count). The summed E-state index contributed by atoms with van der Waals surface area (Å²) in [6.45, 7) is 6.87. The lowest BCUT2D eigenvalue weighted by Crippen LogP contribution is -2.27. The van der Waals surface area contributed by atoms with Gasteiger partial charge >= 0.3 is 0 Å². The van der Waals surface area contributed by atoms with Gasteiger partial charge in [-0.05, 0) is 31.4 Å². The van der Waals surface area contributed by atoms with Crippen LogP contribution >= 0.6 is 0 Å². The van der Waals surface area contributed by atoms with Crippen LogP contribution in [0.15, 0.2) is 12.1 Å². The number of pyridine rings is 1. The van der Waals surface area contributed by atoms with E-state index in [4.69, 9.17) is 0 Å². The summed E-state index contributed by atoms with van der Waals surface area (Å²) in [6.07, 6.45) is 0.895. The van der Waals surface area contributed by atoms with Gasteiger partial charge in [0.1, 0.15) is 5.82 Å². The summed E-state index contributed by atoms with van der Waals surface area (Å²) >= 11 is 0. The number of carbonyl (C=O) groups excluding carboxylic acids is 1. The van der Waals surface area contributed by atoms with Gasteiger partial charge in [0.05, 0.1) is 11.6 Å². The first-order valence-electron chi connectivity index (χ1n) is 6.08. The third-order valence-electron chi connectivity index (χ3n) is 2.93. The summed E-state index contributed by atoms with van der Waals surface area (Å²) in [5.41, 5.74) is 1.74. The van der Waals surface area contributed by atoms with Crippen LogP contribution in [0, 0.1) is 18.8 Å². The number of amides is 1. The number of aromatic nitrogens is 1. The highest BCUT2D eigenvalue weighted by Crippen LogP contribution is 2.25. The number of rotatable bonds is 2. The monoisotopic (exact) mass is 233 g/mol. The van der Waals surface area contributed by atoms with E-state index in [-0.39, 0.29) is 11.8 Å². The number of nitrogens with zero attached hydrogens (tertiary/aromatic N) is 1. The summed E-state index contributed by atoms with van der Waals surface area (Å²) < 4.78 is 0. The van der Waals surface area contributed by atoms with E-state index in [1.165, 1.54) is 0 Å². The molecule has 17 heavy (non-hydrogen) atoms. The molecule has 4 heteroatoms. The highest BCUT2D eigenvalue weighted by molar-refractivity contribution is 5.96. The number of fused-ring (bicyclic) bond motifs is 1. The zero-order valence-corrected chi connectivity index (χ0v) is 10.6. The average molecular weight is 233 g/mol. The van der Waals surface area contributed by atoms with E-state index in [0.29, 0.717) is 12.5 Å². The lowest BCUT2D eigenvalue weighted by molar-refractivity contribution is -0.119. The fourth-order valence-corrected chi connectivity index (χ4v) is 2.10. The molecular formula is C13H19N3O. The number of aryl methyl sites for hydroxylation is 1. The maximum Gasteiger partial charge on any atom is 0.229 e. The summed E-state index contributed by atoms with van der Waals surface area (Å²) in [7, 11) is 0. The molecular weight excluding hydrogens is 214 g/mol.